The van der Waals surface area contributed by atoms with Crippen LogP contribution in [0.2, 0.25) is 0 Å². The van der Waals surface area contributed by atoms with E-state index in [1.807, 2.05) is 27.8 Å². The summed E-state index contributed by atoms with van der Waals surface area (Å²) in [5.74, 6) is -0.0468. The molecule has 1 amide bonds. The van der Waals surface area contributed by atoms with Crippen LogP contribution in [0.4, 0.5) is 0 Å². The second-order valence-corrected chi connectivity index (χ2v) is 4.65. The van der Waals surface area contributed by atoms with Crippen LogP contribution in [0.1, 0.15) is 27.7 Å². The minimum atomic E-state index is -0.252. The number of amides is 1. The monoisotopic (exact) mass is 216 g/mol. The summed E-state index contributed by atoms with van der Waals surface area (Å²) in [6.07, 6.45) is 0. The highest BCUT2D eigenvalue weighted by Crippen LogP contribution is 2.05. The highest BCUT2D eigenvalue weighted by Gasteiger charge is 2.12. The average molecular weight is 216 g/mol. The molecule has 0 radical (unpaired) electrons. The zero-order valence-corrected chi connectivity index (χ0v) is 10.6. The molecule has 0 rings (SSSR count). The highest BCUT2D eigenvalue weighted by molar-refractivity contribution is 5.77. The number of likely N-dealkylation sites (N-methyl/N-ethyl adjacent to an activating group) is 1. The Hall–Kier alpha value is -0.610. The molecular formula is C11H24N2O2. The number of hydrogen-bond acceptors (Lipinski definition) is 3. The number of nitrogens with zero attached hydrogens (tertiary/aromatic N) is 1. The van der Waals surface area contributed by atoms with Gasteiger partial charge in [-0.05, 0) is 34.4 Å². The quantitative estimate of drug-likeness (QED) is 0.716. The molecule has 15 heavy (non-hydrogen) atoms. The van der Waals surface area contributed by atoms with Gasteiger partial charge in [0.25, 0.3) is 0 Å². The molecule has 0 aliphatic heterocycles. The summed E-state index contributed by atoms with van der Waals surface area (Å²) in [5.41, 5.74) is -0.252. The van der Waals surface area contributed by atoms with Crippen LogP contribution in [0.15, 0.2) is 0 Å². The predicted octanol–water partition coefficient (Wildman–Crippen LogP) is 0.869. The number of carbonyl (C=O) groups is 1. The van der Waals surface area contributed by atoms with E-state index in [0.29, 0.717) is 6.54 Å². The van der Waals surface area contributed by atoms with Gasteiger partial charge < -0.3 is 15.0 Å². The van der Waals surface area contributed by atoms with Gasteiger partial charge in [-0.1, -0.05) is 6.92 Å². The van der Waals surface area contributed by atoms with Crippen LogP contribution in [0, 0.1) is 0 Å². The van der Waals surface area contributed by atoms with Gasteiger partial charge in [0, 0.05) is 13.1 Å². The van der Waals surface area contributed by atoms with Crippen molar-refractivity contribution in [3.05, 3.63) is 0 Å². The van der Waals surface area contributed by atoms with E-state index in [0.717, 1.165) is 13.1 Å². The van der Waals surface area contributed by atoms with Gasteiger partial charge in [0.15, 0.2) is 0 Å². The van der Waals surface area contributed by atoms with Gasteiger partial charge in [0.2, 0.25) is 5.91 Å². The van der Waals surface area contributed by atoms with Gasteiger partial charge in [-0.25, -0.2) is 0 Å². The van der Waals surface area contributed by atoms with Gasteiger partial charge in [-0.3, -0.25) is 4.79 Å². The van der Waals surface area contributed by atoms with E-state index in [9.17, 15) is 4.79 Å². The zero-order valence-electron chi connectivity index (χ0n) is 10.6. The second kappa shape index (κ2) is 6.80. The SMILES string of the molecule is CCN(C)CCNC(=O)COC(C)(C)C. The lowest BCUT2D eigenvalue weighted by Crippen LogP contribution is -2.36. The largest absolute Gasteiger partial charge is 0.366 e. The van der Waals surface area contributed by atoms with Crippen LogP contribution < -0.4 is 5.32 Å². The van der Waals surface area contributed by atoms with Crippen LogP contribution in [0.25, 0.3) is 0 Å². The lowest BCUT2D eigenvalue weighted by atomic mass is 10.2. The minimum absolute atomic E-state index is 0.0468. The lowest BCUT2D eigenvalue weighted by molar-refractivity contribution is -0.130. The Morgan fingerprint density at radius 3 is 2.47 bits per heavy atom. The molecule has 4 heteroatoms. The fraction of sp³-hybridized carbons (Fsp3) is 0.909. The number of rotatable bonds is 6. The molecule has 0 saturated carbocycles. The molecule has 0 aromatic rings. The summed E-state index contributed by atoms with van der Waals surface area (Å²) < 4.78 is 5.35. The smallest absolute Gasteiger partial charge is 0.246 e. The van der Waals surface area contributed by atoms with E-state index >= 15 is 0 Å². The predicted molar refractivity (Wildman–Crippen MR) is 61.9 cm³/mol. The van der Waals surface area contributed by atoms with Crippen LogP contribution in [0.3, 0.4) is 0 Å². The van der Waals surface area contributed by atoms with Crippen molar-refractivity contribution in [1.82, 2.24) is 10.2 Å². The summed E-state index contributed by atoms with van der Waals surface area (Å²) in [5, 5.41) is 2.81. The maximum absolute atomic E-state index is 11.3. The molecule has 4 nitrogen and oxygen atoms in total. The molecule has 0 unspecified atom stereocenters. The first-order valence-corrected chi connectivity index (χ1v) is 5.44. The molecular weight excluding hydrogens is 192 g/mol. The Balaban J connectivity index is 3.50. The van der Waals surface area contributed by atoms with Gasteiger partial charge in [-0.15, -0.1) is 0 Å². The standard InChI is InChI=1S/C11H24N2O2/c1-6-13(5)8-7-12-10(14)9-15-11(2,3)4/h6-9H2,1-5H3,(H,12,14). The number of nitrogens with one attached hydrogen (secondary N) is 1. The number of hydrogen-bond donors (Lipinski definition) is 1. The van der Waals surface area contributed by atoms with E-state index in [2.05, 4.69) is 17.1 Å². The Kier molecular flexibility index (Phi) is 6.52. The molecule has 0 spiro atoms. The third-order valence-electron chi connectivity index (χ3n) is 1.99. The first-order valence-electron chi connectivity index (χ1n) is 5.44. The van der Waals surface area contributed by atoms with Gasteiger partial charge in [0.05, 0.1) is 5.60 Å². The van der Waals surface area contributed by atoms with Crippen molar-refractivity contribution in [2.45, 2.75) is 33.3 Å². The van der Waals surface area contributed by atoms with E-state index in [-0.39, 0.29) is 18.1 Å². The molecule has 0 aromatic heterocycles. The average Bonchev–Trinajstić information content (AvgIpc) is 2.13. The third-order valence-corrected chi connectivity index (χ3v) is 1.99. The number of ether oxygens (including phenoxy) is 1. The van der Waals surface area contributed by atoms with Crippen molar-refractivity contribution >= 4 is 5.91 Å². The molecule has 1 N–H and O–H groups in total. The first kappa shape index (κ1) is 14.4. The van der Waals surface area contributed by atoms with Crippen LogP contribution in [-0.2, 0) is 9.53 Å². The van der Waals surface area contributed by atoms with E-state index < -0.39 is 0 Å². The second-order valence-electron chi connectivity index (χ2n) is 4.65. The van der Waals surface area contributed by atoms with Crippen molar-refractivity contribution in [2.24, 2.45) is 0 Å². The fourth-order valence-corrected chi connectivity index (χ4v) is 0.877. The van der Waals surface area contributed by atoms with Gasteiger partial charge in [0.1, 0.15) is 6.61 Å². The molecule has 0 fully saturated rings. The summed E-state index contributed by atoms with van der Waals surface area (Å²) >= 11 is 0. The molecule has 90 valence electrons. The van der Waals surface area contributed by atoms with Crippen molar-refractivity contribution in [3.8, 4) is 0 Å². The van der Waals surface area contributed by atoms with Crippen LogP contribution in [-0.4, -0.2) is 49.7 Å². The Labute approximate surface area is 93.0 Å². The Morgan fingerprint density at radius 1 is 1.40 bits per heavy atom. The lowest BCUT2D eigenvalue weighted by Gasteiger charge is -2.19. The number of carbonyl (C=O) groups excluding carboxylic acids is 1. The molecule has 0 bridgehead atoms. The van der Waals surface area contributed by atoms with Gasteiger partial charge >= 0.3 is 0 Å². The van der Waals surface area contributed by atoms with E-state index in [4.69, 9.17) is 4.74 Å². The van der Waals surface area contributed by atoms with Crippen molar-refractivity contribution in [3.63, 3.8) is 0 Å². The molecule has 0 atom stereocenters. The molecule has 0 saturated heterocycles. The van der Waals surface area contributed by atoms with Gasteiger partial charge in [-0.2, -0.15) is 0 Å². The minimum Gasteiger partial charge on any atom is -0.366 e. The maximum Gasteiger partial charge on any atom is 0.246 e. The van der Waals surface area contributed by atoms with Crippen molar-refractivity contribution in [2.75, 3.05) is 33.3 Å². The third kappa shape index (κ3) is 9.69. The van der Waals surface area contributed by atoms with Crippen molar-refractivity contribution in [1.29, 1.82) is 0 Å². The Morgan fingerprint density at radius 2 is 2.00 bits per heavy atom. The molecule has 0 aromatic carbocycles. The molecule has 0 aliphatic carbocycles. The topological polar surface area (TPSA) is 41.6 Å². The van der Waals surface area contributed by atoms with E-state index in [1.165, 1.54) is 0 Å². The normalized spacial score (nSPS) is 11.9. The molecule has 0 aliphatic rings. The summed E-state index contributed by atoms with van der Waals surface area (Å²) in [7, 11) is 2.03. The maximum atomic E-state index is 11.3. The van der Waals surface area contributed by atoms with Crippen LogP contribution >= 0.6 is 0 Å². The zero-order chi connectivity index (χ0) is 11.9. The Bertz CT molecular complexity index is 188. The van der Waals surface area contributed by atoms with E-state index in [1.54, 1.807) is 0 Å². The van der Waals surface area contributed by atoms with Crippen molar-refractivity contribution < 1.29 is 9.53 Å². The fourth-order valence-electron chi connectivity index (χ4n) is 0.877. The summed E-state index contributed by atoms with van der Waals surface area (Å²) in [4.78, 5) is 13.4. The highest BCUT2D eigenvalue weighted by atomic mass is 16.5. The van der Waals surface area contributed by atoms with Crippen LogP contribution in [0.5, 0.6) is 0 Å². The summed E-state index contributed by atoms with van der Waals surface area (Å²) in [6, 6.07) is 0. The summed E-state index contributed by atoms with van der Waals surface area (Å²) in [6.45, 7) is 10.6. The molecule has 0 heterocycles. The first-order chi connectivity index (χ1) is 6.85.